The Morgan fingerprint density at radius 3 is 2.75 bits per heavy atom. The molecule has 1 aromatic carbocycles. The van der Waals surface area contributed by atoms with Crippen LogP contribution in [0.25, 0.3) is 0 Å². The summed E-state index contributed by atoms with van der Waals surface area (Å²) in [5, 5.41) is 10.2. The van der Waals surface area contributed by atoms with Crippen molar-refractivity contribution in [3.63, 3.8) is 0 Å². The van der Waals surface area contributed by atoms with Crippen LogP contribution in [0.4, 0.5) is 0 Å². The van der Waals surface area contributed by atoms with Gasteiger partial charge in [0.1, 0.15) is 11.5 Å². The molecule has 88 valence electrons. The highest BCUT2D eigenvalue weighted by Crippen LogP contribution is 2.40. The Balaban J connectivity index is 2.17. The Morgan fingerprint density at radius 1 is 1.50 bits per heavy atom. The molecule has 1 aromatic rings. The minimum Gasteiger partial charge on any atom is -0.508 e. The van der Waals surface area contributed by atoms with Crippen LogP contribution in [0.5, 0.6) is 11.5 Å². The fourth-order valence-electron chi connectivity index (χ4n) is 1.77. The van der Waals surface area contributed by atoms with E-state index < -0.39 is 0 Å². The van der Waals surface area contributed by atoms with Gasteiger partial charge in [-0.05, 0) is 37.8 Å². The number of halogens is 1. The Bertz CT molecular complexity index is 402. The van der Waals surface area contributed by atoms with E-state index in [4.69, 9.17) is 22.1 Å². The molecule has 3 N–H and O–H groups in total. The van der Waals surface area contributed by atoms with Gasteiger partial charge in [0.25, 0.3) is 0 Å². The monoisotopic (exact) mass is 241 g/mol. The Hall–Kier alpha value is -0.930. The minimum absolute atomic E-state index is 0.0289. The van der Waals surface area contributed by atoms with Gasteiger partial charge in [-0.15, -0.1) is 0 Å². The molecule has 0 unspecified atom stereocenters. The summed E-state index contributed by atoms with van der Waals surface area (Å²) in [5.74, 6) is 0.811. The zero-order valence-electron chi connectivity index (χ0n) is 9.29. The molecule has 0 atom stereocenters. The summed E-state index contributed by atoms with van der Waals surface area (Å²) in [7, 11) is 1.56. The summed E-state index contributed by atoms with van der Waals surface area (Å²) in [6, 6.07) is 3.27. The number of aromatic hydroxyl groups is 1. The maximum atomic E-state index is 9.75. The van der Waals surface area contributed by atoms with E-state index in [9.17, 15) is 5.11 Å². The van der Waals surface area contributed by atoms with Gasteiger partial charge >= 0.3 is 0 Å². The molecule has 2 rings (SSSR count). The zero-order chi connectivity index (χ0) is 11.8. The van der Waals surface area contributed by atoms with Crippen molar-refractivity contribution in [1.29, 1.82) is 0 Å². The van der Waals surface area contributed by atoms with Gasteiger partial charge in [0.05, 0.1) is 12.1 Å². The van der Waals surface area contributed by atoms with Gasteiger partial charge in [-0.2, -0.15) is 0 Å². The van der Waals surface area contributed by atoms with E-state index >= 15 is 0 Å². The molecule has 3 nitrogen and oxygen atoms in total. The Kier molecular flexibility index (Phi) is 3.00. The average Bonchev–Trinajstić information content (AvgIpc) is 2.97. The molecule has 0 saturated heterocycles. The van der Waals surface area contributed by atoms with Crippen molar-refractivity contribution < 1.29 is 9.84 Å². The lowest BCUT2D eigenvalue weighted by Crippen LogP contribution is -2.22. The Morgan fingerprint density at radius 2 is 2.19 bits per heavy atom. The maximum Gasteiger partial charge on any atom is 0.138 e. The highest BCUT2D eigenvalue weighted by molar-refractivity contribution is 6.33. The molecule has 0 aromatic heterocycles. The molecule has 0 bridgehead atoms. The van der Waals surface area contributed by atoms with Crippen molar-refractivity contribution in [3.8, 4) is 11.5 Å². The van der Waals surface area contributed by atoms with Gasteiger partial charge in [0, 0.05) is 11.1 Å². The first-order valence-electron chi connectivity index (χ1n) is 5.39. The third-order valence-electron chi connectivity index (χ3n) is 3.17. The molecule has 1 aliphatic carbocycles. The minimum atomic E-state index is -0.0289. The number of phenols is 1. The predicted octanol–water partition coefficient (Wildman–Crippen LogP) is 2.48. The number of benzene rings is 1. The molecule has 0 heterocycles. The van der Waals surface area contributed by atoms with Gasteiger partial charge in [-0.3, -0.25) is 0 Å². The second kappa shape index (κ2) is 4.15. The van der Waals surface area contributed by atoms with E-state index in [1.165, 1.54) is 0 Å². The van der Waals surface area contributed by atoms with E-state index in [1.807, 2.05) is 0 Å². The fourth-order valence-corrected chi connectivity index (χ4v) is 2.10. The molecule has 0 radical (unpaired) electrons. The number of rotatable bonds is 4. The quantitative estimate of drug-likeness (QED) is 0.852. The van der Waals surface area contributed by atoms with E-state index in [0.29, 0.717) is 17.2 Å². The summed E-state index contributed by atoms with van der Waals surface area (Å²) in [5.41, 5.74) is 6.71. The van der Waals surface area contributed by atoms with E-state index in [1.54, 1.807) is 19.2 Å². The largest absolute Gasteiger partial charge is 0.508 e. The maximum absolute atomic E-state index is 9.75. The molecule has 0 spiro atoms. The molecule has 0 aliphatic heterocycles. The van der Waals surface area contributed by atoms with Crippen LogP contribution in [-0.2, 0) is 6.42 Å². The SMILES string of the molecule is COc1ccc(O)c(CCC2(N)CC2)c1Cl. The number of ether oxygens (including phenoxy) is 1. The van der Waals surface area contributed by atoms with Crippen LogP contribution >= 0.6 is 11.6 Å². The van der Waals surface area contributed by atoms with Gasteiger partial charge in [-0.1, -0.05) is 11.6 Å². The molecule has 0 amide bonds. The number of nitrogens with two attached hydrogens (primary N) is 1. The first-order chi connectivity index (χ1) is 7.56. The summed E-state index contributed by atoms with van der Waals surface area (Å²) in [6.45, 7) is 0. The lowest BCUT2D eigenvalue weighted by molar-refractivity contribution is 0.410. The summed E-state index contributed by atoms with van der Waals surface area (Å²) in [6.07, 6.45) is 3.68. The number of methoxy groups -OCH3 is 1. The number of hydrogen-bond acceptors (Lipinski definition) is 3. The van der Waals surface area contributed by atoms with Crippen molar-refractivity contribution in [3.05, 3.63) is 22.7 Å². The molecular formula is C12H16ClNO2. The standard InChI is InChI=1S/C12H16ClNO2/c1-16-10-3-2-9(15)8(11(10)13)4-5-12(14)6-7-12/h2-3,15H,4-7,14H2,1H3. The van der Waals surface area contributed by atoms with Gasteiger partial charge in [0.2, 0.25) is 0 Å². The smallest absolute Gasteiger partial charge is 0.138 e. The molecule has 4 heteroatoms. The van der Waals surface area contributed by atoms with E-state index in [0.717, 1.165) is 24.8 Å². The Labute approximate surface area is 100 Å². The first-order valence-corrected chi connectivity index (χ1v) is 5.77. The predicted molar refractivity (Wildman–Crippen MR) is 64.1 cm³/mol. The third kappa shape index (κ3) is 2.25. The van der Waals surface area contributed by atoms with Crippen LogP contribution in [0.1, 0.15) is 24.8 Å². The highest BCUT2D eigenvalue weighted by Gasteiger charge is 2.37. The van der Waals surface area contributed by atoms with Crippen LogP contribution in [0.15, 0.2) is 12.1 Å². The van der Waals surface area contributed by atoms with Crippen LogP contribution < -0.4 is 10.5 Å². The van der Waals surface area contributed by atoms with E-state index in [2.05, 4.69) is 0 Å². The summed E-state index contributed by atoms with van der Waals surface area (Å²) in [4.78, 5) is 0. The summed E-state index contributed by atoms with van der Waals surface area (Å²) < 4.78 is 5.11. The van der Waals surface area contributed by atoms with E-state index in [-0.39, 0.29) is 11.3 Å². The van der Waals surface area contributed by atoms with Gasteiger partial charge in [0.15, 0.2) is 0 Å². The fraction of sp³-hybridized carbons (Fsp3) is 0.500. The number of hydrogen-bond donors (Lipinski definition) is 2. The lowest BCUT2D eigenvalue weighted by atomic mass is 10.0. The van der Waals surface area contributed by atoms with Crippen molar-refractivity contribution in [2.45, 2.75) is 31.2 Å². The molecular weight excluding hydrogens is 226 g/mol. The molecule has 1 aliphatic rings. The molecule has 1 saturated carbocycles. The topological polar surface area (TPSA) is 55.5 Å². The van der Waals surface area contributed by atoms with Crippen LogP contribution in [0.3, 0.4) is 0 Å². The number of phenolic OH excluding ortho intramolecular Hbond substituents is 1. The van der Waals surface area contributed by atoms with Crippen LogP contribution in [0.2, 0.25) is 5.02 Å². The normalized spacial score (nSPS) is 17.2. The van der Waals surface area contributed by atoms with Crippen molar-refractivity contribution >= 4 is 11.6 Å². The van der Waals surface area contributed by atoms with Crippen molar-refractivity contribution in [2.24, 2.45) is 5.73 Å². The second-order valence-corrected chi connectivity index (χ2v) is 4.82. The zero-order valence-corrected chi connectivity index (χ0v) is 10.0. The van der Waals surface area contributed by atoms with Crippen LogP contribution in [0, 0.1) is 0 Å². The highest BCUT2D eigenvalue weighted by atomic mass is 35.5. The molecule has 16 heavy (non-hydrogen) atoms. The lowest BCUT2D eigenvalue weighted by Gasteiger charge is -2.13. The second-order valence-electron chi connectivity index (χ2n) is 4.44. The third-order valence-corrected chi connectivity index (χ3v) is 3.58. The average molecular weight is 242 g/mol. The van der Waals surface area contributed by atoms with Crippen LogP contribution in [-0.4, -0.2) is 17.8 Å². The molecule has 1 fully saturated rings. The van der Waals surface area contributed by atoms with Gasteiger partial charge in [-0.25, -0.2) is 0 Å². The van der Waals surface area contributed by atoms with Gasteiger partial charge < -0.3 is 15.6 Å². The first kappa shape index (κ1) is 11.6. The summed E-state index contributed by atoms with van der Waals surface area (Å²) >= 11 is 6.14. The van der Waals surface area contributed by atoms with Crippen molar-refractivity contribution in [2.75, 3.05) is 7.11 Å². The van der Waals surface area contributed by atoms with Crippen molar-refractivity contribution in [1.82, 2.24) is 0 Å².